The molecule has 1 N–H and O–H groups in total. The summed E-state index contributed by atoms with van der Waals surface area (Å²) in [4.78, 5) is 0. The van der Waals surface area contributed by atoms with Crippen molar-refractivity contribution in [2.75, 3.05) is 0 Å². The maximum Gasteiger partial charge on any atom is 0.0438 e. The van der Waals surface area contributed by atoms with E-state index in [0.29, 0.717) is 5.71 Å². The van der Waals surface area contributed by atoms with Crippen molar-refractivity contribution in [3.8, 4) is 0 Å². The van der Waals surface area contributed by atoms with Gasteiger partial charge in [0.25, 0.3) is 0 Å². The summed E-state index contributed by atoms with van der Waals surface area (Å²) in [6, 6.07) is 6.05. The SMILES string of the molecule is CC/C(C)=C/C(=N)CCc1cc(C)ccc1Cl. The zero-order chi connectivity index (χ0) is 12.8. The molecule has 0 aliphatic heterocycles. The van der Waals surface area contributed by atoms with Crippen LogP contribution in [0.15, 0.2) is 29.8 Å². The number of hydrogen-bond acceptors (Lipinski definition) is 1. The van der Waals surface area contributed by atoms with Gasteiger partial charge in [-0.3, -0.25) is 0 Å². The van der Waals surface area contributed by atoms with Gasteiger partial charge >= 0.3 is 0 Å². The van der Waals surface area contributed by atoms with Crippen LogP contribution in [0.3, 0.4) is 0 Å². The minimum atomic E-state index is 0.682. The third-order valence-corrected chi connectivity index (χ3v) is 3.21. The van der Waals surface area contributed by atoms with Gasteiger partial charge in [-0.05, 0) is 50.8 Å². The molecule has 1 aromatic rings. The van der Waals surface area contributed by atoms with E-state index in [0.717, 1.165) is 29.8 Å². The third kappa shape index (κ3) is 4.74. The lowest BCUT2D eigenvalue weighted by Crippen LogP contribution is -1.97. The Kier molecular flexibility index (Phi) is 5.43. The Morgan fingerprint density at radius 2 is 2.12 bits per heavy atom. The fraction of sp³-hybridized carbons (Fsp3) is 0.400. The zero-order valence-corrected chi connectivity index (χ0v) is 11.6. The highest BCUT2D eigenvalue weighted by Crippen LogP contribution is 2.19. The molecular weight excluding hydrogens is 230 g/mol. The van der Waals surface area contributed by atoms with Crippen LogP contribution in [0, 0.1) is 12.3 Å². The average molecular weight is 250 g/mol. The monoisotopic (exact) mass is 249 g/mol. The highest BCUT2D eigenvalue weighted by Gasteiger charge is 2.02. The van der Waals surface area contributed by atoms with Gasteiger partial charge in [0.2, 0.25) is 0 Å². The smallest absolute Gasteiger partial charge is 0.0438 e. The second-order valence-corrected chi connectivity index (χ2v) is 4.87. The maximum atomic E-state index is 7.88. The molecule has 0 saturated carbocycles. The second kappa shape index (κ2) is 6.61. The predicted octanol–water partition coefficient (Wildman–Crippen LogP) is 4.96. The van der Waals surface area contributed by atoms with Gasteiger partial charge in [0.1, 0.15) is 0 Å². The lowest BCUT2D eigenvalue weighted by Gasteiger charge is -2.05. The molecule has 0 saturated heterocycles. The molecule has 0 amide bonds. The molecule has 0 bridgehead atoms. The van der Waals surface area contributed by atoms with Gasteiger partial charge in [-0.15, -0.1) is 0 Å². The van der Waals surface area contributed by atoms with Gasteiger partial charge in [-0.2, -0.15) is 0 Å². The summed E-state index contributed by atoms with van der Waals surface area (Å²) in [5.74, 6) is 0. The molecule has 0 heterocycles. The van der Waals surface area contributed by atoms with Crippen molar-refractivity contribution in [2.24, 2.45) is 0 Å². The molecule has 17 heavy (non-hydrogen) atoms. The number of rotatable bonds is 5. The summed E-state index contributed by atoms with van der Waals surface area (Å²) in [6.07, 6.45) is 4.56. The topological polar surface area (TPSA) is 23.9 Å². The van der Waals surface area contributed by atoms with E-state index in [9.17, 15) is 0 Å². The Hall–Kier alpha value is -1.08. The van der Waals surface area contributed by atoms with Crippen LogP contribution in [0.5, 0.6) is 0 Å². The first kappa shape index (κ1) is 14.0. The number of halogens is 1. The van der Waals surface area contributed by atoms with Crippen molar-refractivity contribution < 1.29 is 0 Å². The Labute approximate surface area is 109 Å². The fourth-order valence-electron chi connectivity index (χ4n) is 1.64. The highest BCUT2D eigenvalue weighted by atomic mass is 35.5. The second-order valence-electron chi connectivity index (χ2n) is 4.46. The molecule has 0 aliphatic rings. The molecule has 1 rings (SSSR count). The van der Waals surface area contributed by atoms with E-state index in [1.165, 1.54) is 11.1 Å². The summed E-state index contributed by atoms with van der Waals surface area (Å²) < 4.78 is 0. The first-order valence-electron chi connectivity index (χ1n) is 6.02. The largest absolute Gasteiger partial charge is 0.305 e. The van der Waals surface area contributed by atoms with Crippen LogP contribution in [-0.2, 0) is 6.42 Å². The Morgan fingerprint density at radius 1 is 1.41 bits per heavy atom. The maximum absolute atomic E-state index is 7.88. The van der Waals surface area contributed by atoms with E-state index >= 15 is 0 Å². The van der Waals surface area contributed by atoms with E-state index in [-0.39, 0.29) is 0 Å². The molecular formula is C15H20ClN. The Morgan fingerprint density at radius 3 is 2.76 bits per heavy atom. The first-order valence-corrected chi connectivity index (χ1v) is 6.40. The highest BCUT2D eigenvalue weighted by molar-refractivity contribution is 6.31. The van der Waals surface area contributed by atoms with E-state index in [4.69, 9.17) is 17.0 Å². The van der Waals surface area contributed by atoms with Crippen molar-refractivity contribution in [1.29, 1.82) is 5.41 Å². The molecule has 1 nitrogen and oxygen atoms in total. The van der Waals surface area contributed by atoms with Crippen LogP contribution in [-0.4, -0.2) is 5.71 Å². The van der Waals surface area contributed by atoms with Crippen molar-refractivity contribution in [3.05, 3.63) is 46.0 Å². The molecule has 1 aromatic carbocycles. The van der Waals surface area contributed by atoms with E-state index < -0.39 is 0 Å². The molecule has 0 radical (unpaired) electrons. The summed E-state index contributed by atoms with van der Waals surface area (Å²) in [5, 5.41) is 8.68. The van der Waals surface area contributed by atoms with E-state index in [1.54, 1.807) is 0 Å². The fourth-order valence-corrected chi connectivity index (χ4v) is 1.85. The number of hydrogen-bond donors (Lipinski definition) is 1. The van der Waals surface area contributed by atoms with Crippen LogP contribution in [0.1, 0.15) is 37.8 Å². The lowest BCUT2D eigenvalue weighted by molar-refractivity contribution is 1.02. The molecule has 0 atom stereocenters. The summed E-state index contributed by atoms with van der Waals surface area (Å²) in [5.41, 5.74) is 4.29. The molecule has 0 fully saturated rings. The van der Waals surface area contributed by atoms with Crippen molar-refractivity contribution in [3.63, 3.8) is 0 Å². The molecule has 0 spiro atoms. The predicted molar refractivity (Wildman–Crippen MR) is 76.3 cm³/mol. The quantitative estimate of drug-likeness (QED) is 0.714. The minimum absolute atomic E-state index is 0.682. The lowest BCUT2D eigenvalue weighted by atomic mass is 10.0. The number of allylic oxidation sites excluding steroid dienone is 2. The van der Waals surface area contributed by atoms with Gasteiger partial charge in [0, 0.05) is 10.7 Å². The van der Waals surface area contributed by atoms with Crippen LogP contribution < -0.4 is 0 Å². The first-order chi connectivity index (χ1) is 8.02. The number of nitrogens with one attached hydrogen (secondary N) is 1. The molecule has 0 aliphatic carbocycles. The Bertz CT molecular complexity index is 433. The standard InChI is InChI=1S/C15H20ClN/c1-4-11(2)10-14(17)7-6-13-9-12(3)5-8-15(13)16/h5,8-10,17H,4,6-7H2,1-3H3/b11-10+,17-14?. The molecule has 0 aromatic heterocycles. The number of benzene rings is 1. The normalized spacial score (nSPS) is 11.6. The van der Waals surface area contributed by atoms with E-state index in [1.807, 2.05) is 18.2 Å². The van der Waals surface area contributed by atoms with E-state index in [2.05, 4.69) is 26.8 Å². The summed E-state index contributed by atoms with van der Waals surface area (Å²) in [6.45, 7) is 6.23. The average Bonchev–Trinajstić information content (AvgIpc) is 2.30. The molecule has 0 unspecified atom stereocenters. The van der Waals surface area contributed by atoms with Gasteiger partial charge in [0.05, 0.1) is 0 Å². The third-order valence-electron chi connectivity index (χ3n) is 2.84. The van der Waals surface area contributed by atoms with Crippen molar-refractivity contribution in [1.82, 2.24) is 0 Å². The summed E-state index contributed by atoms with van der Waals surface area (Å²) in [7, 11) is 0. The van der Waals surface area contributed by atoms with Crippen molar-refractivity contribution in [2.45, 2.75) is 40.0 Å². The summed E-state index contributed by atoms with van der Waals surface area (Å²) >= 11 is 6.13. The van der Waals surface area contributed by atoms with Crippen LogP contribution in [0.25, 0.3) is 0 Å². The molecule has 92 valence electrons. The van der Waals surface area contributed by atoms with Gasteiger partial charge in [-0.1, -0.05) is 41.8 Å². The molecule has 2 heteroatoms. The zero-order valence-electron chi connectivity index (χ0n) is 10.8. The van der Waals surface area contributed by atoms with Crippen LogP contribution in [0.4, 0.5) is 0 Å². The van der Waals surface area contributed by atoms with Crippen LogP contribution in [0.2, 0.25) is 5.02 Å². The number of aryl methyl sites for hydroxylation is 2. The minimum Gasteiger partial charge on any atom is -0.305 e. The van der Waals surface area contributed by atoms with Crippen molar-refractivity contribution >= 4 is 17.3 Å². The van der Waals surface area contributed by atoms with Gasteiger partial charge in [-0.25, -0.2) is 0 Å². The van der Waals surface area contributed by atoms with Gasteiger partial charge in [0.15, 0.2) is 0 Å². The van der Waals surface area contributed by atoms with Crippen LogP contribution >= 0.6 is 11.6 Å². The van der Waals surface area contributed by atoms with Gasteiger partial charge < -0.3 is 5.41 Å². The Balaban J connectivity index is 2.62.